The normalized spacial score (nSPS) is 18.4. The lowest BCUT2D eigenvalue weighted by atomic mass is 9.99. The van der Waals surface area contributed by atoms with Crippen molar-refractivity contribution in [3.05, 3.63) is 0 Å². The van der Waals surface area contributed by atoms with Gasteiger partial charge < -0.3 is 4.74 Å². The summed E-state index contributed by atoms with van der Waals surface area (Å²) in [6.45, 7) is -0.406. The van der Waals surface area contributed by atoms with E-state index in [1.807, 2.05) is 0 Å². The fourth-order valence-electron chi connectivity index (χ4n) is 1.90. The molecule has 9 heteroatoms. The number of alkyl halides is 6. The highest BCUT2D eigenvalue weighted by molar-refractivity contribution is 7.99. The molecule has 0 bridgehead atoms. The van der Waals surface area contributed by atoms with E-state index in [1.54, 1.807) is 11.8 Å². The van der Waals surface area contributed by atoms with Crippen LogP contribution in [0.15, 0.2) is 0 Å². The van der Waals surface area contributed by atoms with Crippen LogP contribution >= 0.6 is 11.8 Å². The van der Waals surface area contributed by atoms with Crippen LogP contribution in [0.3, 0.4) is 0 Å². The van der Waals surface area contributed by atoms with E-state index in [9.17, 15) is 31.1 Å². The molecule has 2 nitrogen and oxygen atoms in total. The van der Waals surface area contributed by atoms with Gasteiger partial charge in [0.2, 0.25) is 5.92 Å². The molecule has 1 aliphatic heterocycles. The molecule has 0 aromatic rings. The van der Waals surface area contributed by atoms with Gasteiger partial charge in [0.25, 0.3) is 0 Å². The maximum Gasteiger partial charge on any atom is 0.411 e. The Morgan fingerprint density at radius 3 is 2.05 bits per heavy atom. The van der Waals surface area contributed by atoms with Gasteiger partial charge in [0.05, 0.1) is 6.61 Å². The third-order valence-corrected chi connectivity index (χ3v) is 4.05. The molecule has 20 heavy (non-hydrogen) atoms. The molecule has 1 rings (SSSR count). The predicted molar refractivity (Wildman–Crippen MR) is 61.2 cm³/mol. The van der Waals surface area contributed by atoms with Crippen molar-refractivity contribution >= 4 is 17.7 Å². The van der Waals surface area contributed by atoms with Crippen LogP contribution in [0.2, 0.25) is 0 Å². The first-order valence-electron chi connectivity index (χ1n) is 6.00. The largest absolute Gasteiger partial charge is 0.465 e. The van der Waals surface area contributed by atoms with E-state index in [-0.39, 0.29) is 5.92 Å². The van der Waals surface area contributed by atoms with Crippen molar-refractivity contribution in [3.8, 4) is 0 Å². The summed E-state index contributed by atoms with van der Waals surface area (Å²) in [5.74, 6) is -4.31. The number of thioether (sulfide) groups is 1. The Kier molecular flexibility index (Phi) is 6.03. The number of rotatable bonds is 4. The molecule has 1 aliphatic rings. The standard InChI is InChI=1S/C11H14F6O2S/c12-10(13,14)8(11(15,16)17)9(18)19-4-1-7-2-5-20-6-3-7/h7-8H,1-6H2. The van der Waals surface area contributed by atoms with E-state index in [0.717, 1.165) is 24.3 Å². The highest BCUT2D eigenvalue weighted by Gasteiger charge is 2.62. The molecule has 0 spiro atoms. The predicted octanol–water partition coefficient (Wildman–Crippen LogP) is 3.80. The Morgan fingerprint density at radius 2 is 1.60 bits per heavy atom. The molecule has 0 atom stereocenters. The molecule has 118 valence electrons. The van der Waals surface area contributed by atoms with Crippen molar-refractivity contribution in [3.63, 3.8) is 0 Å². The van der Waals surface area contributed by atoms with E-state index in [1.165, 1.54) is 0 Å². The summed E-state index contributed by atoms with van der Waals surface area (Å²) in [5, 5.41) is 0. The number of hydrogen-bond acceptors (Lipinski definition) is 3. The highest BCUT2D eigenvalue weighted by atomic mass is 32.2. The van der Waals surface area contributed by atoms with Gasteiger partial charge in [-0.3, -0.25) is 4.79 Å². The molecule has 0 aromatic carbocycles. The van der Waals surface area contributed by atoms with Gasteiger partial charge in [-0.1, -0.05) is 0 Å². The van der Waals surface area contributed by atoms with Gasteiger partial charge in [-0.05, 0) is 36.7 Å². The number of carbonyl (C=O) groups excluding carboxylic acids is 1. The minimum Gasteiger partial charge on any atom is -0.465 e. The lowest BCUT2D eigenvalue weighted by molar-refractivity contribution is -0.281. The topological polar surface area (TPSA) is 26.3 Å². The van der Waals surface area contributed by atoms with Gasteiger partial charge in [-0.15, -0.1) is 0 Å². The van der Waals surface area contributed by atoms with Crippen LogP contribution in [0.25, 0.3) is 0 Å². The Hall–Kier alpha value is -0.600. The maximum atomic E-state index is 12.2. The first-order chi connectivity index (χ1) is 9.12. The lowest BCUT2D eigenvalue weighted by Gasteiger charge is -2.23. The molecule has 0 radical (unpaired) electrons. The van der Waals surface area contributed by atoms with Crippen molar-refractivity contribution in [2.45, 2.75) is 31.6 Å². The minimum atomic E-state index is -5.68. The molecule has 0 aromatic heterocycles. The molecule has 1 fully saturated rings. The molecule has 0 saturated carbocycles. The summed E-state index contributed by atoms with van der Waals surface area (Å²) < 4.78 is 77.5. The molecule has 0 aliphatic carbocycles. The van der Waals surface area contributed by atoms with E-state index >= 15 is 0 Å². The van der Waals surface area contributed by atoms with Crippen molar-refractivity contribution in [2.75, 3.05) is 18.1 Å². The zero-order chi connectivity index (χ0) is 15.4. The van der Waals surface area contributed by atoms with Crippen LogP contribution in [0.4, 0.5) is 26.3 Å². The van der Waals surface area contributed by atoms with Gasteiger partial charge in [0.1, 0.15) is 0 Å². The van der Waals surface area contributed by atoms with Gasteiger partial charge in [0.15, 0.2) is 0 Å². The molecular formula is C11H14F6O2S. The minimum absolute atomic E-state index is 0.194. The number of carbonyl (C=O) groups is 1. The van der Waals surface area contributed by atoms with Crippen molar-refractivity contribution in [1.29, 1.82) is 0 Å². The monoisotopic (exact) mass is 324 g/mol. The van der Waals surface area contributed by atoms with Gasteiger partial charge in [-0.25, -0.2) is 0 Å². The number of esters is 1. The maximum absolute atomic E-state index is 12.2. The van der Waals surface area contributed by atoms with Crippen LogP contribution in [-0.2, 0) is 9.53 Å². The Labute approximate surface area is 116 Å². The molecule has 0 N–H and O–H groups in total. The van der Waals surface area contributed by atoms with Crippen LogP contribution in [0.5, 0.6) is 0 Å². The average molecular weight is 324 g/mol. The summed E-state index contributed by atoms with van der Waals surface area (Å²) in [6.07, 6.45) is -9.39. The Balaban J connectivity index is 2.46. The number of ether oxygens (including phenoxy) is 1. The fourth-order valence-corrected chi connectivity index (χ4v) is 3.10. The van der Waals surface area contributed by atoms with Gasteiger partial charge in [0, 0.05) is 0 Å². The molecule has 1 heterocycles. The molecule has 0 amide bonds. The van der Waals surface area contributed by atoms with E-state index in [0.29, 0.717) is 6.42 Å². The van der Waals surface area contributed by atoms with Crippen molar-refractivity contribution in [1.82, 2.24) is 0 Å². The lowest BCUT2D eigenvalue weighted by Crippen LogP contribution is -2.43. The second-order valence-electron chi connectivity index (χ2n) is 4.53. The highest BCUT2D eigenvalue weighted by Crippen LogP contribution is 2.40. The van der Waals surface area contributed by atoms with Crippen LogP contribution in [0.1, 0.15) is 19.3 Å². The third-order valence-electron chi connectivity index (χ3n) is 3.00. The third kappa shape index (κ3) is 5.41. The van der Waals surface area contributed by atoms with Crippen molar-refractivity contribution < 1.29 is 35.9 Å². The average Bonchev–Trinajstić information content (AvgIpc) is 2.26. The Morgan fingerprint density at radius 1 is 1.10 bits per heavy atom. The summed E-state index contributed by atoms with van der Waals surface area (Å²) in [6, 6.07) is 0. The quantitative estimate of drug-likeness (QED) is 0.581. The SMILES string of the molecule is O=C(OCCC1CCSCC1)C(C(F)(F)F)C(F)(F)F. The molecular weight excluding hydrogens is 310 g/mol. The summed E-state index contributed by atoms with van der Waals surface area (Å²) in [5.41, 5.74) is 0. The van der Waals surface area contributed by atoms with E-state index < -0.39 is 30.8 Å². The first kappa shape index (κ1) is 17.5. The van der Waals surface area contributed by atoms with Gasteiger partial charge >= 0.3 is 18.3 Å². The van der Waals surface area contributed by atoms with E-state index in [4.69, 9.17) is 0 Å². The van der Waals surface area contributed by atoms with Crippen LogP contribution < -0.4 is 0 Å². The second-order valence-corrected chi connectivity index (χ2v) is 5.75. The zero-order valence-corrected chi connectivity index (χ0v) is 11.2. The van der Waals surface area contributed by atoms with Crippen LogP contribution in [-0.4, -0.2) is 36.4 Å². The van der Waals surface area contributed by atoms with E-state index in [2.05, 4.69) is 4.74 Å². The number of hydrogen-bond donors (Lipinski definition) is 0. The summed E-state index contributed by atoms with van der Waals surface area (Å²) in [4.78, 5) is 11.0. The second kappa shape index (κ2) is 6.91. The summed E-state index contributed by atoms with van der Waals surface area (Å²) >= 11 is 1.74. The fraction of sp³-hybridized carbons (Fsp3) is 0.909. The molecule has 0 unspecified atom stereocenters. The van der Waals surface area contributed by atoms with Gasteiger partial charge in [-0.2, -0.15) is 38.1 Å². The first-order valence-corrected chi connectivity index (χ1v) is 7.15. The van der Waals surface area contributed by atoms with Crippen LogP contribution in [0, 0.1) is 11.8 Å². The molecule has 1 saturated heterocycles. The zero-order valence-electron chi connectivity index (χ0n) is 10.4. The summed E-state index contributed by atoms with van der Waals surface area (Å²) in [7, 11) is 0. The number of halogens is 6. The Bertz CT molecular complexity index is 308. The smallest absolute Gasteiger partial charge is 0.411 e. The van der Waals surface area contributed by atoms with Crippen molar-refractivity contribution in [2.24, 2.45) is 11.8 Å².